The van der Waals surface area contributed by atoms with Crippen molar-refractivity contribution >= 4 is 5.91 Å². The first-order valence-electron chi connectivity index (χ1n) is 7.03. The van der Waals surface area contributed by atoms with Crippen LogP contribution in [-0.2, 0) is 9.53 Å². The van der Waals surface area contributed by atoms with E-state index in [1.165, 1.54) is 12.8 Å². The first kappa shape index (κ1) is 13.8. The van der Waals surface area contributed by atoms with Gasteiger partial charge in [-0.15, -0.1) is 0 Å². The summed E-state index contributed by atoms with van der Waals surface area (Å²) < 4.78 is 4.88. The Morgan fingerprint density at radius 2 is 2.17 bits per heavy atom. The third-order valence-electron chi connectivity index (χ3n) is 3.93. The fourth-order valence-corrected chi connectivity index (χ4v) is 2.79. The quantitative estimate of drug-likeness (QED) is 0.724. The molecule has 2 rings (SSSR count). The number of rotatable bonds is 5. The van der Waals surface area contributed by atoms with Gasteiger partial charge >= 0.3 is 0 Å². The molecule has 0 bridgehead atoms. The predicted octanol–water partition coefficient (Wildman–Crippen LogP) is -0.0346. The Balaban J connectivity index is 1.62. The molecule has 0 aromatic carbocycles. The SMILES string of the molecule is COCC(=O)N1CCC(NCC2CCCN2)CC1. The molecule has 0 spiro atoms. The number of ether oxygens (including phenoxy) is 1. The number of nitrogens with zero attached hydrogens (tertiary/aromatic N) is 1. The van der Waals surface area contributed by atoms with E-state index in [1.807, 2.05) is 4.90 Å². The Labute approximate surface area is 109 Å². The molecule has 0 aromatic heterocycles. The largest absolute Gasteiger partial charge is 0.375 e. The summed E-state index contributed by atoms with van der Waals surface area (Å²) in [5.41, 5.74) is 0. The molecule has 2 aliphatic rings. The molecule has 18 heavy (non-hydrogen) atoms. The number of carbonyl (C=O) groups excluding carboxylic acids is 1. The number of hydrogen-bond donors (Lipinski definition) is 2. The van der Waals surface area contributed by atoms with E-state index in [-0.39, 0.29) is 12.5 Å². The van der Waals surface area contributed by atoms with Gasteiger partial charge in [0.15, 0.2) is 0 Å². The van der Waals surface area contributed by atoms with Gasteiger partial charge in [-0.05, 0) is 32.2 Å². The van der Waals surface area contributed by atoms with Crippen LogP contribution in [0.1, 0.15) is 25.7 Å². The first-order chi connectivity index (χ1) is 8.79. The van der Waals surface area contributed by atoms with E-state index in [0.29, 0.717) is 12.1 Å². The van der Waals surface area contributed by atoms with Gasteiger partial charge in [-0.3, -0.25) is 4.79 Å². The summed E-state index contributed by atoms with van der Waals surface area (Å²) in [5.74, 6) is 0.119. The van der Waals surface area contributed by atoms with Gasteiger partial charge in [0.05, 0.1) is 0 Å². The highest BCUT2D eigenvalue weighted by atomic mass is 16.5. The number of piperidine rings is 1. The smallest absolute Gasteiger partial charge is 0.248 e. The molecular weight excluding hydrogens is 230 g/mol. The zero-order valence-electron chi connectivity index (χ0n) is 11.3. The lowest BCUT2D eigenvalue weighted by molar-refractivity contribution is -0.136. The molecule has 2 fully saturated rings. The second-order valence-corrected chi connectivity index (χ2v) is 5.29. The minimum Gasteiger partial charge on any atom is -0.375 e. The van der Waals surface area contributed by atoms with Crippen molar-refractivity contribution in [3.8, 4) is 0 Å². The van der Waals surface area contributed by atoms with Crippen LogP contribution in [0.5, 0.6) is 0 Å². The standard InChI is InChI=1S/C13H25N3O2/c1-18-10-13(17)16-7-4-11(5-8-16)15-9-12-3-2-6-14-12/h11-12,14-15H,2-10H2,1H3. The number of methoxy groups -OCH3 is 1. The van der Waals surface area contributed by atoms with Gasteiger partial charge in [0.1, 0.15) is 6.61 Å². The van der Waals surface area contributed by atoms with Crippen LogP contribution >= 0.6 is 0 Å². The van der Waals surface area contributed by atoms with E-state index in [4.69, 9.17) is 4.74 Å². The maximum Gasteiger partial charge on any atom is 0.248 e. The Morgan fingerprint density at radius 3 is 2.78 bits per heavy atom. The maximum atomic E-state index is 11.6. The van der Waals surface area contributed by atoms with Gasteiger partial charge in [0.2, 0.25) is 5.91 Å². The van der Waals surface area contributed by atoms with Gasteiger partial charge in [-0.2, -0.15) is 0 Å². The van der Waals surface area contributed by atoms with Crippen molar-refractivity contribution < 1.29 is 9.53 Å². The van der Waals surface area contributed by atoms with Crippen LogP contribution in [0.15, 0.2) is 0 Å². The first-order valence-corrected chi connectivity index (χ1v) is 7.03. The van der Waals surface area contributed by atoms with E-state index in [9.17, 15) is 4.79 Å². The number of hydrogen-bond acceptors (Lipinski definition) is 4. The lowest BCUT2D eigenvalue weighted by atomic mass is 10.0. The number of carbonyl (C=O) groups is 1. The van der Waals surface area contributed by atoms with Gasteiger partial charge in [0.25, 0.3) is 0 Å². The summed E-state index contributed by atoms with van der Waals surface area (Å²) in [6.07, 6.45) is 4.71. The van der Waals surface area contributed by atoms with Crippen molar-refractivity contribution in [3.63, 3.8) is 0 Å². The summed E-state index contributed by atoms with van der Waals surface area (Å²) in [5, 5.41) is 7.12. The molecular formula is C13H25N3O2. The van der Waals surface area contributed by atoms with E-state index < -0.39 is 0 Å². The molecule has 5 nitrogen and oxygen atoms in total. The number of amides is 1. The lowest BCUT2D eigenvalue weighted by Crippen LogP contribution is -2.48. The zero-order chi connectivity index (χ0) is 12.8. The average Bonchev–Trinajstić information content (AvgIpc) is 2.90. The van der Waals surface area contributed by atoms with Gasteiger partial charge in [0, 0.05) is 38.8 Å². The van der Waals surface area contributed by atoms with Crippen LogP contribution in [0.25, 0.3) is 0 Å². The third kappa shape index (κ3) is 3.93. The Bertz CT molecular complexity index is 259. The number of likely N-dealkylation sites (tertiary alicyclic amines) is 1. The zero-order valence-corrected chi connectivity index (χ0v) is 11.3. The van der Waals surface area contributed by atoms with Gasteiger partial charge in [-0.1, -0.05) is 0 Å². The molecule has 2 N–H and O–H groups in total. The molecule has 1 amide bonds. The fourth-order valence-electron chi connectivity index (χ4n) is 2.79. The van der Waals surface area contributed by atoms with E-state index >= 15 is 0 Å². The average molecular weight is 255 g/mol. The van der Waals surface area contributed by atoms with E-state index in [2.05, 4.69) is 10.6 Å². The van der Waals surface area contributed by atoms with Gasteiger partial charge in [-0.25, -0.2) is 0 Å². The molecule has 5 heteroatoms. The van der Waals surface area contributed by atoms with Crippen molar-refractivity contribution in [1.82, 2.24) is 15.5 Å². The van der Waals surface area contributed by atoms with Crippen molar-refractivity contribution in [2.75, 3.05) is 39.9 Å². The predicted molar refractivity (Wildman–Crippen MR) is 70.5 cm³/mol. The van der Waals surface area contributed by atoms with Crippen LogP contribution in [0, 0.1) is 0 Å². The minimum absolute atomic E-state index is 0.119. The molecule has 0 saturated carbocycles. The molecule has 0 radical (unpaired) electrons. The van der Waals surface area contributed by atoms with Crippen LogP contribution in [0.3, 0.4) is 0 Å². The molecule has 104 valence electrons. The minimum atomic E-state index is 0.119. The molecule has 0 aromatic rings. The summed E-state index contributed by atoms with van der Waals surface area (Å²) in [4.78, 5) is 13.6. The maximum absolute atomic E-state index is 11.6. The monoisotopic (exact) mass is 255 g/mol. The number of nitrogens with one attached hydrogen (secondary N) is 2. The highest BCUT2D eigenvalue weighted by Crippen LogP contribution is 2.11. The van der Waals surface area contributed by atoms with E-state index in [0.717, 1.165) is 39.0 Å². The Hall–Kier alpha value is -0.650. The van der Waals surface area contributed by atoms with E-state index in [1.54, 1.807) is 7.11 Å². The molecule has 2 aliphatic heterocycles. The molecule has 0 aliphatic carbocycles. The second-order valence-electron chi connectivity index (χ2n) is 5.29. The summed E-state index contributed by atoms with van der Waals surface area (Å²) in [6.45, 7) is 4.16. The Morgan fingerprint density at radius 1 is 1.39 bits per heavy atom. The summed E-state index contributed by atoms with van der Waals surface area (Å²) in [7, 11) is 1.57. The highest BCUT2D eigenvalue weighted by molar-refractivity contribution is 5.77. The second kappa shape index (κ2) is 7.07. The van der Waals surface area contributed by atoms with Crippen LogP contribution < -0.4 is 10.6 Å². The van der Waals surface area contributed by atoms with Crippen LogP contribution in [0.4, 0.5) is 0 Å². The van der Waals surface area contributed by atoms with Crippen molar-refractivity contribution in [2.45, 2.75) is 37.8 Å². The van der Waals surface area contributed by atoms with Crippen molar-refractivity contribution in [2.24, 2.45) is 0 Å². The van der Waals surface area contributed by atoms with Gasteiger partial charge < -0.3 is 20.3 Å². The van der Waals surface area contributed by atoms with Crippen LogP contribution in [-0.4, -0.2) is 62.8 Å². The Kier molecular flexibility index (Phi) is 5.41. The molecule has 2 heterocycles. The van der Waals surface area contributed by atoms with Crippen molar-refractivity contribution in [3.05, 3.63) is 0 Å². The lowest BCUT2D eigenvalue weighted by Gasteiger charge is -2.33. The topological polar surface area (TPSA) is 53.6 Å². The molecule has 1 atom stereocenters. The summed E-state index contributed by atoms with van der Waals surface area (Å²) in [6, 6.07) is 1.22. The fraction of sp³-hybridized carbons (Fsp3) is 0.923. The molecule has 2 saturated heterocycles. The van der Waals surface area contributed by atoms with Crippen molar-refractivity contribution in [1.29, 1.82) is 0 Å². The van der Waals surface area contributed by atoms with Crippen LogP contribution in [0.2, 0.25) is 0 Å². The molecule has 1 unspecified atom stereocenters. The third-order valence-corrected chi connectivity index (χ3v) is 3.93. The summed E-state index contributed by atoms with van der Waals surface area (Å²) >= 11 is 0. The highest BCUT2D eigenvalue weighted by Gasteiger charge is 2.23. The normalized spacial score (nSPS) is 25.6.